The number of aromatic nitrogens is 4. The first-order chi connectivity index (χ1) is 11.9. The first kappa shape index (κ1) is 16.8. The number of anilines is 1. The Morgan fingerprint density at radius 2 is 2.04 bits per heavy atom. The summed E-state index contributed by atoms with van der Waals surface area (Å²) in [5.41, 5.74) is 2.81. The van der Waals surface area contributed by atoms with Gasteiger partial charge in [0.1, 0.15) is 12.9 Å². The maximum Gasteiger partial charge on any atom is 0.328 e. The second-order valence-electron chi connectivity index (χ2n) is 6.37. The van der Waals surface area contributed by atoms with Crippen molar-refractivity contribution in [1.29, 1.82) is 0 Å². The Balaban J connectivity index is 1.66. The van der Waals surface area contributed by atoms with Crippen LogP contribution in [0, 0.1) is 0 Å². The molecule has 130 valence electrons. The van der Waals surface area contributed by atoms with Crippen molar-refractivity contribution in [2.75, 3.05) is 18.6 Å². The molecule has 0 saturated carbocycles. The average molecular weight is 341 g/mol. The van der Waals surface area contributed by atoms with Crippen LogP contribution in [0.3, 0.4) is 0 Å². The molecule has 0 atom stereocenters. The van der Waals surface area contributed by atoms with Gasteiger partial charge < -0.3 is 9.64 Å². The number of ether oxygens (including phenoxy) is 1. The van der Waals surface area contributed by atoms with Crippen LogP contribution in [0.1, 0.15) is 19.4 Å². The normalized spacial score (nSPS) is 16.8. The van der Waals surface area contributed by atoms with Gasteiger partial charge in [-0.3, -0.25) is 9.59 Å². The molecule has 0 spiro atoms. The number of likely N-dealkylation sites (N-methyl/N-ethyl adjacent to an activating group) is 1. The molecule has 0 unspecified atom stereocenters. The largest absolute Gasteiger partial charge is 0.456 e. The highest BCUT2D eigenvalue weighted by Gasteiger charge is 2.38. The van der Waals surface area contributed by atoms with E-state index in [-0.39, 0.29) is 24.3 Å². The smallest absolute Gasteiger partial charge is 0.328 e. The summed E-state index contributed by atoms with van der Waals surface area (Å²) >= 11 is 0. The number of hydrogen-bond acceptors (Lipinski definition) is 7. The molecular formula is C17H19N5O3. The fourth-order valence-corrected chi connectivity index (χ4v) is 3.04. The van der Waals surface area contributed by atoms with Gasteiger partial charge in [-0.25, -0.2) is 4.68 Å². The molecule has 1 aromatic heterocycles. The number of fused-ring (bicyclic) bond motifs is 1. The van der Waals surface area contributed by atoms with Crippen molar-refractivity contribution >= 4 is 17.4 Å². The van der Waals surface area contributed by atoms with E-state index >= 15 is 0 Å². The Labute approximate surface area is 145 Å². The number of esters is 1. The van der Waals surface area contributed by atoms with Gasteiger partial charge in [0.15, 0.2) is 12.4 Å². The lowest BCUT2D eigenvalue weighted by Crippen LogP contribution is -2.25. The maximum absolute atomic E-state index is 12.3. The lowest BCUT2D eigenvalue weighted by molar-refractivity contribution is -0.147. The van der Waals surface area contributed by atoms with Crippen LogP contribution in [-0.2, 0) is 26.3 Å². The van der Waals surface area contributed by atoms with Gasteiger partial charge in [0, 0.05) is 29.9 Å². The van der Waals surface area contributed by atoms with Crippen LogP contribution < -0.4 is 4.90 Å². The second kappa shape index (κ2) is 6.46. The molecule has 0 radical (unpaired) electrons. The van der Waals surface area contributed by atoms with Crippen molar-refractivity contribution in [2.24, 2.45) is 0 Å². The van der Waals surface area contributed by atoms with Gasteiger partial charge in [0.05, 0.1) is 0 Å². The molecular weight excluding hydrogens is 322 g/mol. The predicted molar refractivity (Wildman–Crippen MR) is 89.7 cm³/mol. The van der Waals surface area contributed by atoms with Gasteiger partial charge in [-0.2, -0.15) is 0 Å². The van der Waals surface area contributed by atoms with E-state index in [4.69, 9.17) is 4.74 Å². The highest BCUT2D eigenvalue weighted by Crippen LogP contribution is 2.46. The third kappa shape index (κ3) is 3.28. The number of tetrazole rings is 1. The molecule has 8 nitrogen and oxygen atoms in total. The zero-order valence-electron chi connectivity index (χ0n) is 14.3. The number of allylic oxidation sites excluding steroid dienone is 1. The van der Waals surface area contributed by atoms with E-state index in [1.165, 1.54) is 11.0 Å². The SMILES string of the molecule is CN1/C(=C/C(=O)COC(=O)Cn2cnnn2)C(C)(C)c2ccccc21. The van der Waals surface area contributed by atoms with Gasteiger partial charge in [-0.15, -0.1) is 5.10 Å². The van der Waals surface area contributed by atoms with Crippen LogP contribution >= 0.6 is 0 Å². The first-order valence-corrected chi connectivity index (χ1v) is 7.84. The summed E-state index contributed by atoms with van der Waals surface area (Å²) in [7, 11) is 1.93. The maximum atomic E-state index is 12.3. The van der Waals surface area contributed by atoms with Crippen molar-refractivity contribution in [3.05, 3.63) is 47.9 Å². The van der Waals surface area contributed by atoms with Gasteiger partial charge in [0.25, 0.3) is 0 Å². The van der Waals surface area contributed by atoms with Crippen molar-refractivity contribution < 1.29 is 14.3 Å². The number of carbonyl (C=O) groups is 2. The molecule has 3 rings (SSSR count). The minimum absolute atomic E-state index is 0.131. The van der Waals surface area contributed by atoms with E-state index in [9.17, 15) is 9.59 Å². The van der Waals surface area contributed by atoms with Crippen LogP contribution in [0.25, 0.3) is 0 Å². The highest BCUT2D eigenvalue weighted by atomic mass is 16.5. The van der Waals surface area contributed by atoms with Crippen molar-refractivity contribution in [3.63, 3.8) is 0 Å². The summed E-state index contributed by atoms with van der Waals surface area (Å²) in [6.45, 7) is 3.69. The summed E-state index contributed by atoms with van der Waals surface area (Å²) in [5, 5.41) is 10.4. The lowest BCUT2D eigenvalue weighted by Gasteiger charge is -2.23. The van der Waals surface area contributed by atoms with Crippen LogP contribution in [0.5, 0.6) is 0 Å². The number of para-hydroxylation sites is 1. The fourth-order valence-electron chi connectivity index (χ4n) is 3.04. The minimum atomic E-state index is -0.568. The number of carbonyl (C=O) groups excluding carboxylic acids is 2. The van der Waals surface area contributed by atoms with Crippen molar-refractivity contribution in [1.82, 2.24) is 20.2 Å². The number of ketones is 1. The van der Waals surface area contributed by atoms with Crippen LogP contribution in [0.15, 0.2) is 42.4 Å². The summed E-state index contributed by atoms with van der Waals surface area (Å²) in [5.74, 6) is -0.839. The molecule has 2 heterocycles. The molecule has 0 N–H and O–H groups in total. The lowest BCUT2D eigenvalue weighted by atomic mass is 9.83. The van der Waals surface area contributed by atoms with Gasteiger partial charge in [-0.05, 0) is 22.1 Å². The number of rotatable bonds is 5. The molecule has 1 aliphatic heterocycles. The fraction of sp³-hybridized carbons (Fsp3) is 0.353. The number of hydrogen-bond donors (Lipinski definition) is 0. The predicted octanol–water partition coefficient (Wildman–Crippen LogP) is 1.10. The van der Waals surface area contributed by atoms with Crippen LogP contribution in [0.4, 0.5) is 5.69 Å². The van der Waals surface area contributed by atoms with Crippen molar-refractivity contribution in [3.8, 4) is 0 Å². The molecule has 0 fully saturated rings. The van der Waals surface area contributed by atoms with Gasteiger partial charge in [-0.1, -0.05) is 32.0 Å². The van der Waals surface area contributed by atoms with Gasteiger partial charge in [0.2, 0.25) is 0 Å². The van der Waals surface area contributed by atoms with Crippen LogP contribution in [-0.4, -0.2) is 45.6 Å². The van der Waals surface area contributed by atoms with Gasteiger partial charge >= 0.3 is 5.97 Å². The quantitative estimate of drug-likeness (QED) is 0.594. The summed E-state index contributed by atoms with van der Waals surface area (Å²) in [6, 6.07) is 8.04. The Hall–Kier alpha value is -3.03. The third-order valence-corrected chi connectivity index (χ3v) is 4.30. The number of nitrogens with zero attached hydrogens (tertiary/aromatic N) is 5. The van der Waals surface area contributed by atoms with Crippen LogP contribution in [0.2, 0.25) is 0 Å². The third-order valence-electron chi connectivity index (χ3n) is 4.30. The molecule has 0 saturated heterocycles. The molecule has 1 aromatic carbocycles. The molecule has 25 heavy (non-hydrogen) atoms. The molecule has 8 heteroatoms. The standard InChI is InChI=1S/C17H19N5O3/c1-17(2)13-6-4-5-7-14(13)21(3)15(17)8-12(23)10-25-16(24)9-22-11-18-19-20-22/h4-8,11H,9-10H2,1-3H3/b15-8+. The zero-order valence-corrected chi connectivity index (χ0v) is 14.3. The van der Waals surface area contributed by atoms with E-state index in [1.54, 1.807) is 6.08 Å². The number of benzene rings is 1. The van der Waals surface area contributed by atoms with E-state index in [0.29, 0.717) is 0 Å². The summed E-state index contributed by atoms with van der Waals surface area (Å²) < 4.78 is 6.23. The average Bonchev–Trinajstić information content (AvgIpc) is 3.15. The topological polar surface area (TPSA) is 90.2 Å². The Kier molecular flexibility index (Phi) is 4.35. The first-order valence-electron chi connectivity index (χ1n) is 7.84. The Bertz CT molecular complexity index is 827. The van der Waals surface area contributed by atoms with Crippen molar-refractivity contribution in [2.45, 2.75) is 25.8 Å². The molecule has 2 aromatic rings. The Morgan fingerprint density at radius 3 is 2.72 bits per heavy atom. The Morgan fingerprint density at radius 1 is 1.28 bits per heavy atom. The highest BCUT2D eigenvalue weighted by molar-refractivity contribution is 5.94. The minimum Gasteiger partial charge on any atom is -0.456 e. The molecule has 0 aliphatic carbocycles. The van der Waals surface area contributed by atoms with E-state index in [2.05, 4.69) is 35.4 Å². The molecule has 0 bridgehead atoms. The zero-order chi connectivity index (χ0) is 18.0. The van der Waals surface area contributed by atoms with E-state index in [0.717, 1.165) is 16.9 Å². The van der Waals surface area contributed by atoms with E-state index < -0.39 is 5.97 Å². The summed E-state index contributed by atoms with van der Waals surface area (Å²) in [6.07, 6.45) is 2.85. The monoisotopic (exact) mass is 341 g/mol. The van der Waals surface area contributed by atoms with E-state index in [1.807, 2.05) is 30.1 Å². The summed E-state index contributed by atoms with van der Waals surface area (Å²) in [4.78, 5) is 26.0. The second-order valence-corrected chi connectivity index (χ2v) is 6.37. The molecule has 1 aliphatic rings. The molecule has 0 amide bonds.